The number of carbonyl (C=O) groups excluding carboxylic acids is 1. The lowest BCUT2D eigenvalue weighted by Crippen LogP contribution is -2.20. The molecule has 94 valence electrons. The fraction of sp³-hybridized carbons (Fsp3) is 0.500. The predicted octanol–water partition coefficient (Wildman–Crippen LogP) is 3.35. The SMILES string of the molecule is CCC[C@@H](Cc1ccccc1F)C(=O)OCC. The molecule has 0 aliphatic rings. The van der Waals surface area contributed by atoms with Gasteiger partial charge in [-0.05, 0) is 31.4 Å². The van der Waals surface area contributed by atoms with Gasteiger partial charge in [0.05, 0.1) is 12.5 Å². The van der Waals surface area contributed by atoms with Gasteiger partial charge in [0.15, 0.2) is 0 Å². The largest absolute Gasteiger partial charge is 0.466 e. The maximum Gasteiger partial charge on any atom is 0.309 e. The summed E-state index contributed by atoms with van der Waals surface area (Å²) in [5, 5.41) is 0. The van der Waals surface area contributed by atoms with Crippen molar-refractivity contribution in [3.63, 3.8) is 0 Å². The van der Waals surface area contributed by atoms with Crippen molar-refractivity contribution in [1.82, 2.24) is 0 Å². The summed E-state index contributed by atoms with van der Waals surface area (Å²) in [7, 11) is 0. The van der Waals surface area contributed by atoms with E-state index in [0.717, 1.165) is 12.8 Å². The molecule has 2 nitrogen and oxygen atoms in total. The third-order valence-electron chi connectivity index (χ3n) is 2.68. The summed E-state index contributed by atoms with van der Waals surface area (Å²) in [6.45, 7) is 4.16. The van der Waals surface area contributed by atoms with E-state index < -0.39 is 0 Å². The topological polar surface area (TPSA) is 26.3 Å². The Kier molecular flexibility index (Phi) is 5.67. The predicted molar refractivity (Wildman–Crippen MR) is 65.1 cm³/mol. The van der Waals surface area contributed by atoms with Crippen LogP contribution in [0.5, 0.6) is 0 Å². The lowest BCUT2D eigenvalue weighted by atomic mass is 9.95. The Labute approximate surface area is 102 Å². The van der Waals surface area contributed by atoms with E-state index in [-0.39, 0.29) is 17.7 Å². The second-order valence-corrected chi connectivity index (χ2v) is 4.03. The maximum absolute atomic E-state index is 13.5. The Bertz CT molecular complexity index is 363. The van der Waals surface area contributed by atoms with Crippen molar-refractivity contribution in [3.8, 4) is 0 Å². The van der Waals surface area contributed by atoms with E-state index >= 15 is 0 Å². The van der Waals surface area contributed by atoms with Crippen LogP contribution in [0.4, 0.5) is 4.39 Å². The first-order chi connectivity index (χ1) is 8.19. The summed E-state index contributed by atoms with van der Waals surface area (Å²) in [6.07, 6.45) is 2.03. The summed E-state index contributed by atoms with van der Waals surface area (Å²) < 4.78 is 18.5. The number of esters is 1. The molecule has 17 heavy (non-hydrogen) atoms. The van der Waals surface area contributed by atoms with Crippen LogP contribution in [0.3, 0.4) is 0 Å². The van der Waals surface area contributed by atoms with Gasteiger partial charge in [-0.1, -0.05) is 31.5 Å². The molecule has 0 unspecified atom stereocenters. The molecule has 1 aromatic rings. The van der Waals surface area contributed by atoms with Crippen LogP contribution in [0.1, 0.15) is 32.3 Å². The summed E-state index contributed by atoms with van der Waals surface area (Å²) in [4.78, 5) is 11.7. The molecule has 0 spiro atoms. The van der Waals surface area contributed by atoms with Gasteiger partial charge in [-0.2, -0.15) is 0 Å². The first-order valence-electron chi connectivity index (χ1n) is 6.09. The van der Waals surface area contributed by atoms with Crippen LogP contribution in [0.15, 0.2) is 24.3 Å². The normalized spacial score (nSPS) is 12.2. The Hall–Kier alpha value is -1.38. The molecule has 0 amide bonds. The standard InChI is InChI=1S/C14H19FO2/c1-3-7-12(14(16)17-4-2)10-11-8-5-6-9-13(11)15/h5-6,8-9,12H,3-4,7,10H2,1-2H3/t12-/m0/s1. The summed E-state index contributed by atoms with van der Waals surface area (Å²) in [6, 6.07) is 6.57. The number of ether oxygens (including phenoxy) is 1. The highest BCUT2D eigenvalue weighted by molar-refractivity contribution is 5.72. The monoisotopic (exact) mass is 238 g/mol. The molecular formula is C14H19FO2. The van der Waals surface area contributed by atoms with Crippen molar-refractivity contribution in [2.24, 2.45) is 5.92 Å². The molecule has 0 saturated carbocycles. The molecule has 0 radical (unpaired) electrons. The molecule has 1 atom stereocenters. The fourth-order valence-corrected chi connectivity index (χ4v) is 1.84. The van der Waals surface area contributed by atoms with E-state index in [1.165, 1.54) is 6.07 Å². The molecule has 0 fully saturated rings. The molecule has 0 aliphatic heterocycles. The Morgan fingerprint density at radius 3 is 2.65 bits per heavy atom. The molecule has 3 heteroatoms. The minimum absolute atomic E-state index is 0.224. The fourth-order valence-electron chi connectivity index (χ4n) is 1.84. The number of hydrogen-bond acceptors (Lipinski definition) is 2. The van der Waals surface area contributed by atoms with Crippen molar-refractivity contribution in [2.75, 3.05) is 6.61 Å². The zero-order chi connectivity index (χ0) is 12.7. The lowest BCUT2D eigenvalue weighted by Gasteiger charge is -2.15. The van der Waals surface area contributed by atoms with Crippen LogP contribution < -0.4 is 0 Å². The van der Waals surface area contributed by atoms with Crippen molar-refractivity contribution < 1.29 is 13.9 Å². The summed E-state index contributed by atoms with van der Waals surface area (Å²) in [5.41, 5.74) is 0.582. The van der Waals surface area contributed by atoms with Crippen LogP contribution in [-0.4, -0.2) is 12.6 Å². The molecule has 0 aliphatic carbocycles. The highest BCUT2D eigenvalue weighted by Crippen LogP contribution is 2.18. The second-order valence-electron chi connectivity index (χ2n) is 4.03. The van der Waals surface area contributed by atoms with Gasteiger partial charge in [-0.15, -0.1) is 0 Å². The van der Waals surface area contributed by atoms with E-state index in [1.807, 2.05) is 6.92 Å². The third kappa shape index (κ3) is 4.17. The van der Waals surface area contributed by atoms with E-state index in [2.05, 4.69) is 0 Å². The third-order valence-corrected chi connectivity index (χ3v) is 2.68. The van der Waals surface area contributed by atoms with Gasteiger partial charge >= 0.3 is 5.97 Å². The quantitative estimate of drug-likeness (QED) is 0.710. The van der Waals surface area contributed by atoms with Gasteiger partial charge in [0.25, 0.3) is 0 Å². The Morgan fingerprint density at radius 2 is 2.06 bits per heavy atom. The van der Waals surface area contributed by atoms with E-state index in [1.54, 1.807) is 25.1 Å². The lowest BCUT2D eigenvalue weighted by molar-refractivity contribution is -0.148. The maximum atomic E-state index is 13.5. The van der Waals surface area contributed by atoms with E-state index in [9.17, 15) is 9.18 Å². The van der Waals surface area contributed by atoms with E-state index in [4.69, 9.17) is 4.74 Å². The van der Waals surface area contributed by atoms with Crippen LogP contribution in [0, 0.1) is 11.7 Å². The number of hydrogen-bond donors (Lipinski definition) is 0. The second kappa shape index (κ2) is 7.05. The molecule has 0 aromatic heterocycles. The van der Waals surface area contributed by atoms with Crippen LogP contribution >= 0.6 is 0 Å². The molecular weight excluding hydrogens is 219 g/mol. The number of rotatable bonds is 6. The van der Waals surface area contributed by atoms with Gasteiger partial charge in [0, 0.05) is 0 Å². The Morgan fingerprint density at radius 1 is 1.35 bits per heavy atom. The molecule has 0 N–H and O–H groups in total. The minimum Gasteiger partial charge on any atom is -0.466 e. The van der Waals surface area contributed by atoms with Crippen molar-refractivity contribution in [3.05, 3.63) is 35.6 Å². The average Bonchev–Trinajstić information content (AvgIpc) is 2.31. The smallest absolute Gasteiger partial charge is 0.309 e. The summed E-state index contributed by atoms with van der Waals surface area (Å²) >= 11 is 0. The van der Waals surface area contributed by atoms with Gasteiger partial charge in [-0.25, -0.2) is 4.39 Å². The van der Waals surface area contributed by atoms with E-state index in [0.29, 0.717) is 18.6 Å². The molecule has 1 rings (SSSR count). The van der Waals surface area contributed by atoms with Crippen LogP contribution in [0.25, 0.3) is 0 Å². The highest BCUT2D eigenvalue weighted by atomic mass is 19.1. The first-order valence-corrected chi connectivity index (χ1v) is 6.09. The van der Waals surface area contributed by atoms with Crippen molar-refractivity contribution in [1.29, 1.82) is 0 Å². The molecule has 0 heterocycles. The van der Waals surface area contributed by atoms with Crippen LogP contribution in [0.2, 0.25) is 0 Å². The Balaban J connectivity index is 2.73. The first kappa shape index (κ1) is 13.7. The molecule has 0 saturated heterocycles. The van der Waals surface area contributed by atoms with Gasteiger partial charge in [-0.3, -0.25) is 4.79 Å². The summed E-state index contributed by atoms with van der Waals surface area (Å²) in [5.74, 6) is -0.715. The average molecular weight is 238 g/mol. The molecule has 1 aromatic carbocycles. The number of halogens is 1. The number of carbonyl (C=O) groups is 1. The van der Waals surface area contributed by atoms with Gasteiger partial charge in [0.2, 0.25) is 0 Å². The highest BCUT2D eigenvalue weighted by Gasteiger charge is 2.20. The van der Waals surface area contributed by atoms with Gasteiger partial charge < -0.3 is 4.74 Å². The minimum atomic E-state index is -0.252. The van der Waals surface area contributed by atoms with Crippen LogP contribution in [-0.2, 0) is 16.0 Å². The van der Waals surface area contributed by atoms with Crippen molar-refractivity contribution in [2.45, 2.75) is 33.1 Å². The zero-order valence-corrected chi connectivity index (χ0v) is 10.4. The molecule has 0 bridgehead atoms. The van der Waals surface area contributed by atoms with Crippen molar-refractivity contribution >= 4 is 5.97 Å². The zero-order valence-electron chi connectivity index (χ0n) is 10.4. The van der Waals surface area contributed by atoms with Gasteiger partial charge in [0.1, 0.15) is 5.82 Å². The number of benzene rings is 1.